The molecule has 1 aromatic rings. The summed E-state index contributed by atoms with van der Waals surface area (Å²) in [4.78, 5) is 4.20. The van der Waals surface area contributed by atoms with Crippen molar-refractivity contribution in [1.29, 1.82) is 0 Å². The number of hydrogen-bond acceptors (Lipinski definition) is 2. The van der Waals surface area contributed by atoms with Crippen LogP contribution in [0.5, 0.6) is 0 Å². The maximum atomic E-state index is 4.20. The molecule has 0 radical (unpaired) electrons. The summed E-state index contributed by atoms with van der Waals surface area (Å²) in [6, 6.07) is 0. The van der Waals surface area contributed by atoms with E-state index in [1.165, 1.54) is 32.2 Å². The fraction of sp³-hybridized carbons (Fsp3) is 0.750. The van der Waals surface area contributed by atoms with Crippen molar-refractivity contribution >= 4 is 0 Å². The first-order valence-electron chi connectivity index (χ1n) is 6.05. The molecule has 3 heteroatoms. The molecule has 1 saturated carbocycles. The van der Waals surface area contributed by atoms with Gasteiger partial charge in [0.2, 0.25) is 0 Å². The molecule has 0 spiro atoms. The van der Waals surface area contributed by atoms with Gasteiger partial charge in [0.25, 0.3) is 0 Å². The second kappa shape index (κ2) is 5.31. The number of nitrogens with zero attached hydrogens (tertiary/aromatic N) is 2. The molecular formula is C12H21N3. The van der Waals surface area contributed by atoms with Crippen molar-refractivity contribution in [2.45, 2.75) is 39.2 Å². The molecule has 0 atom stereocenters. The van der Waals surface area contributed by atoms with E-state index in [9.17, 15) is 0 Å². The van der Waals surface area contributed by atoms with Gasteiger partial charge in [0, 0.05) is 25.5 Å². The van der Waals surface area contributed by atoms with Crippen molar-refractivity contribution < 1.29 is 0 Å². The average molecular weight is 207 g/mol. The molecule has 84 valence electrons. The molecule has 1 aliphatic rings. The highest BCUT2D eigenvalue weighted by Gasteiger charge is 2.15. The monoisotopic (exact) mass is 207 g/mol. The summed E-state index contributed by atoms with van der Waals surface area (Å²) in [5.74, 6) is 2.13. The Morgan fingerprint density at radius 3 is 2.93 bits per heavy atom. The Hall–Kier alpha value is -0.830. The van der Waals surface area contributed by atoms with Gasteiger partial charge in [-0.3, -0.25) is 0 Å². The standard InChI is InChI=1S/C12H21N3/c1-11-14-8-10-15(11)9-7-13-6-5-12-3-2-4-12/h8,10,12-13H,2-7,9H2,1H3. The van der Waals surface area contributed by atoms with Gasteiger partial charge in [0.05, 0.1) is 0 Å². The molecule has 1 fully saturated rings. The summed E-state index contributed by atoms with van der Waals surface area (Å²) in [5, 5.41) is 3.50. The van der Waals surface area contributed by atoms with E-state index < -0.39 is 0 Å². The molecular weight excluding hydrogens is 186 g/mol. The van der Waals surface area contributed by atoms with Crippen LogP contribution in [0.1, 0.15) is 31.5 Å². The van der Waals surface area contributed by atoms with E-state index in [-0.39, 0.29) is 0 Å². The van der Waals surface area contributed by atoms with Crippen LogP contribution in [-0.2, 0) is 6.54 Å². The van der Waals surface area contributed by atoms with Crippen molar-refractivity contribution in [3.63, 3.8) is 0 Å². The van der Waals surface area contributed by atoms with Crippen LogP contribution >= 0.6 is 0 Å². The van der Waals surface area contributed by atoms with Gasteiger partial charge in [-0.25, -0.2) is 4.98 Å². The molecule has 0 aliphatic heterocycles. The number of rotatable bonds is 6. The fourth-order valence-electron chi connectivity index (χ4n) is 2.05. The van der Waals surface area contributed by atoms with Crippen molar-refractivity contribution in [2.75, 3.05) is 13.1 Å². The molecule has 1 heterocycles. The van der Waals surface area contributed by atoms with Crippen molar-refractivity contribution in [2.24, 2.45) is 5.92 Å². The lowest BCUT2D eigenvalue weighted by molar-refractivity contribution is 0.292. The highest BCUT2D eigenvalue weighted by atomic mass is 15.1. The zero-order valence-electron chi connectivity index (χ0n) is 9.58. The number of imidazole rings is 1. The summed E-state index contributed by atoms with van der Waals surface area (Å²) in [6.07, 6.45) is 9.65. The average Bonchev–Trinajstić information content (AvgIpc) is 2.55. The molecule has 0 bridgehead atoms. The van der Waals surface area contributed by atoms with E-state index in [1.54, 1.807) is 0 Å². The first-order chi connectivity index (χ1) is 7.36. The van der Waals surface area contributed by atoms with E-state index in [0.717, 1.165) is 24.8 Å². The molecule has 2 rings (SSSR count). The maximum Gasteiger partial charge on any atom is 0.105 e. The van der Waals surface area contributed by atoms with Gasteiger partial charge in [0.15, 0.2) is 0 Å². The minimum Gasteiger partial charge on any atom is -0.334 e. The van der Waals surface area contributed by atoms with Crippen molar-refractivity contribution in [3.8, 4) is 0 Å². The normalized spacial score (nSPS) is 16.6. The summed E-state index contributed by atoms with van der Waals surface area (Å²) in [5.41, 5.74) is 0. The van der Waals surface area contributed by atoms with E-state index in [1.807, 2.05) is 19.3 Å². The third-order valence-corrected chi connectivity index (χ3v) is 3.41. The summed E-state index contributed by atoms with van der Waals surface area (Å²) in [6.45, 7) is 5.33. The molecule has 1 aliphatic carbocycles. The van der Waals surface area contributed by atoms with Crippen LogP contribution < -0.4 is 5.32 Å². The summed E-state index contributed by atoms with van der Waals surface area (Å²) >= 11 is 0. The smallest absolute Gasteiger partial charge is 0.105 e. The predicted molar refractivity (Wildman–Crippen MR) is 61.8 cm³/mol. The Bertz CT molecular complexity index is 289. The third-order valence-electron chi connectivity index (χ3n) is 3.41. The minimum atomic E-state index is 1.02. The third kappa shape index (κ3) is 3.06. The number of aromatic nitrogens is 2. The zero-order chi connectivity index (χ0) is 10.5. The van der Waals surface area contributed by atoms with Gasteiger partial charge < -0.3 is 9.88 Å². The van der Waals surface area contributed by atoms with Crippen LogP contribution in [0.25, 0.3) is 0 Å². The van der Waals surface area contributed by atoms with E-state index in [2.05, 4.69) is 14.9 Å². The zero-order valence-corrected chi connectivity index (χ0v) is 9.58. The van der Waals surface area contributed by atoms with Gasteiger partial charge in [-0.1, -0.05) is 19.3 Å². The molecule has 1 N–H and O–H groups in total. The van der Waals surface area contributed by atoms with Crippen LogP contribution in [0.4, 0.5) is 0 Å². The summed E-state index contributed by atoms with van der Waals surface area (Å²) in [7, 11) is 0. The number of aryl methyl sites for hydroxylation is 1. The van der Waals surface area contributed by atoms with Crippen molar-refractivity contribution in [1.82, 2.24) is 14.9 Å². The van der Waals surface area contributed by atoms with Crippen LogP contribution in [0.2, 0.25) is 0 Å². The second-order valence-electron chi connectivity index (χ2n) is 4.50. The molecule has 0 aromatic carbocycles. The Balaban J connectivity index is 1.53. The van der Waals surface area contributed by atoms with Crippen LogP contribution in [0.3, 0.4) is 0 Å². The Labute approximate surface area is 91.9 Å². The van der Waals surface area contributed by atoms with E-state index >= 15 is 0 Å². The van der Waals surface area contributed by atoms with E-state index in [0.29, 0.717) is 0 Å². The predicted octanol–water partition coefficient (Wildman–Crippen LogP) is 1.97. The lowest BCUT2D eigenvalue weighted by atomic mass is 9.83. The van der Waals surface area contributed by atoms with Gasteiger partial charge in [-0.2, -0.15) is 0 Å². The first-order valence-corrected chi connectivity index (χ1v) is 6.05. The van der Waals surface area contributed by atoms with Crippen molar-refractivity contribution in [3.05, 3.63) is 18.2 Å². The molecule has 15 heavy (non-hydrogen) atoms. The van der Waals surface area contributed by atoms with Crippen LogP contribution in [0.15, 0.2) is 12.4 Å². The molecule has 0 saturated heterocycles. The lowest BCUT2D eigenvalue weighted by Crippen LogP contribution is -2.24. The molecule has 1 aromatic heterocycles. The molecule has 3 nitrogen and oxygen atoms in total. The lowest BCUT2D eigenvalue weighted by Gasteiger charge is -2.25. The highest BCUT2D eigenvalue weighted by molar-refractivity contribution is 4.88. The first kappa shape index (κ1) is 10.7. The Morgan fingerprint density at radius 2 is 2.33 bits per heavy atom. The number of hydrogen-bond donors (Lipinski definition) is 1. The maximum absolute atomic E-state index is 4.20. The molecule has 0 unspecified atom stereocenters. The van der Waals surface area contributed by atoms with Crippen LogP contribution in [0, 0.1) is 12.8 Å². The second-order valence-corrected chi connectivity index (χ2v) is 4.50. The van der Waals surface area contributed by atoms with E-state index in [4.69, 9.17) is 0 Å². The fourth-order valence-corrected chi connectivity index (χ4v) is 2.05. The van der Waals surface area contributed by atoms with Gasteiger partial charge >= 0.3 is 0 Å². The highest BCUT2D eigenvalue weighted by Crippen LogP contribution is 2.28. The topological polar surface area (TPSA) is 29.9 Å². The van der Waals surface area contributed by atoms with Gasteiger partial charge in [-0.05, 0) is 25.8 Å². The minimum absolute atomic E-state index is 1.02. The van der Waals surface area contributed by atoms with Crippen LogP contribution in [-0.4, -0.2) is 22.6 Å². The molecule has 0 amide bonds. The summed E-state index contributed by atoms with van der Waals surface area (Å²) < 4.78 is 2.19. The Morgan fingerprint density at radius 1 is 1.47 bits per heavy atom. The van der Waals surface area contributed by atoms with Gasteiger partial charge in [0.1, 0.15) is 5.82 Å². The Kier molecular flexibility index (Phi) is 3.78. The quantitative estimate of drug-likeness (QED) is 0.723. The number of nitrogens with one attached hydrogen (secondary N) is 1. The van der Waals surface area contributed by atoms with Gasteiger partial charge in [-0.15, -0.1) is 0 Å². The SMILES string of the molecule is Cc1nccn1CCNCCC1CCC1. The largest absolute Gasteiger partial charge is 0.334 e.